The number of carbonyl (C=O) groups excluding carboxylic acids is 1. The Morgan fingerprint density at radius 3 is 1.95 bits per heavy atom. The zero-order chi connectivity index (χ0) is 28.0. The minimum atomic E-state index is -5.08. The lowest BCUT2D eigenvalue weighted by Gasteiger charge is -2.21. The first-order valence-corrected chi connectivity index (χ1v) is 10.2. The summed E-state index contributed by atoms with van der Waals surface area (Å²) >= 11 is 0. The van der Waals surface area contributed by atoms with Crippen LogP contribution in [0.3, 0.4) is 0 Å². The number of hydrogen-bond donors (Lipinski definition) is 4. The summed E-state index contributed by atoms with van der Waals surface area (Å²) in [7, 11) is 0. The second-order valence-corrected chi connectivity index (χ2v) is 7.58. The van der Waals surface area contributed by atoms with Gasteiger partial charge in [0.05, 0.1) is 23.6 Å². The molecule has 1 amide bonds. The predicted molar refractivity (Wildman–Crippen MR) is 116 cm³/mol. The predicted octanol–water partition coefficient (Wildman–Crippen LogP) is 3.24. The van der Waals surface area contributed by atoms with Crippen LogP contribution in [0.2, 0.25) is 0 Å². The number of hydrogen-bond acceptors (Lipinski definition) is 5. The van der Waals surface area contributed by atoms with Crippen LogP contribution in [-0.2, 0) is 33.9 Å². The van der Waals surface area contributed by atoms with Crippen LogP contribution in [0.4, 0.5) is 26.3 Å². The molecule has 200 valence electrons. The molecule has 1 aromatic heterocycles. The average Bonchev–Trinajstić information content (AvgIpc) is 3.16. The highest BCUT2D eigenvalue weighted by Gasteiger charge is 2.38. The number of carboxylic acid groups (broad SMARTS) is 2. The molecule has 0 unspecified atom stereocenters. The molecule has 1 aliphatic rings. The Morgan fingerprint density at radius 1 is 0.946 bits per heavy atom. The van der Waals surface area contributed by atoms with E-state index in [0.29, 0.717) is 19.5 Å². The first kappa shape index (κ1) is 29.1. The van der Waals surface area contributed by atoms with Crippen molar-refractivity contribution in [2.24, 2.45) is 5.73 Å². The van der Waals surface area contributed by atoms with Gasteiger partial charge in [0.25, 0.3) is 0 Å². The molecule has 0 aliphatic carbocycles. The largest absolute Gasteiger partial charge is 0.490 e. The van der Waals surface area contributed by atoms with Gasteiger partial charge in [-0.15, -0.1) is 0 Å². The molecular weight excluding hydrogens is 514 g/mol. The van der Waals surface area contributed by atoms with Gasteiger partial charge in [-0.05, 0) is 29.7 Å². The Bertz CT molecular complexity index is 1200. The highest BCUT2D eigenvalue weighted by molar-refractivity contribution is 5.83. The number of carbonyl (C=O) groups is 3. The summed E-state index contributed by atoms with van der Waals surface area (Å²) in [6, 6.07) is 15.5. The van der Waals surface area contributed by atoms with Crippen molar-refractivity contribution in [3.8, 4) is 0 Å². The van der Waals surface area contributed by atoms with Gasteiger partial charge in [-0.1, -0.05) is 36.4 Å². The topological polar surface area (TPSA) is 150 Å². The number of carboxylic acids is 2. The summed E-state index contributed by atoms with van der Waals surface area (Å²) in [6.07, 6.45) is -9.58. The summed E-state index contributed by atoms with van der Waals surface area (Å²) in [4.78, 5) is 40.0. The van der Waals surface area contributed by atoms with E-state index in [1.54, 1.807) is 4.90 Å². The average molecular weight is 534 g/mol. The van der Waals surface area contributed by atoms with Crippen molar-refractivity contribution in [3.05, 3.63) is 65.5 Å². The van der Waals surface area contributed by atoms with Crippen molar-refractivity contribution in [2.45, 2.75) is 37.9 Å². The Hall–Kier alpha value is -4.14. The minimum Gasteiger partial charge on any atom is -0.475 e. The third-order valence-electron chi connectivity index (χ3n) is 4.81. The van der Waals surface area contributed by atoms with Crippen LogP contribution in [0.15, 0.2) is 48.5 Å². The Balaban J connectivity index is 0.000000286. The van der Waals surface area contributed by atoms with Crippen LogP contribution >= 0.6 is 0 Å². The lowest BCUT2D eigenvalue weighted by atomic mass is 10.0. The zero-order valence-corrected chi connectivity index (χ0v) is 18.7. The Morgan fingerprint density at radius 2 is 1.43 bits per heavy atom. The van der Waals surface area contributed by atoms with Crippen molar-refractivity contribution < 1.29 is 50.9 Å². The van der Waals surface area contributed by atoms with E-state index in [1.165, 1.54) is 0 Å². The van der Waals surface area contributed by atoms with E-state index in [2.05, 4.69) is 16.0 Å². The first-order valence-electron chi connectivity index (χ1n) is 10.2. The van der Waals surface area contributed by atoms with E-state index in [0.717, 1.165) is 28.0 Å². The highest BCUT2D eigenvalue weighted by atomic mass is 19.4. The number of nitrogens with zero attached hydrogens (tertiary/aromatic N) is 2. The fourth-order valence-electron chi connectivity index (χ4n) is 3.15. The number of para-hydroxylation sites is 2. The molecular formula is C22H20F6N4O5. The number of alkyl halides is 6. The van der Waals surface area contributed by atoms with Gasteiger partial charge in [0, 0.05) is 6.54 Å². The number of H-pyrrole nitrogens is 1. The van der Waals surface area contributed by atoms with Gasteiger partial charge in [-0.2, -0.15) is 26.3 Å². The highest BCUT2D eigenvalue weighted by Crippen LogP contribution is 2.21. The lowest BCUT2D eigenvalue weighted by Crippen LogP contribution is -2.42. The maximum absolute atomic E-state index is 12.6. The number of halogens is 6. The van der Waals surface area contributed by atoms with E-state index >= 15 is 0 Å². The van der Waals surface area contributed by atoms with E-state index in [4.69, 9.17) is 25.5 Å². The number of amides is 1. The number of aromatic nitrogens is 2. The molecule has 0 radical (unpaired) electrons. The van der Waals surface area contributed by atoms with Gasteiger partial charge in [0.2, 0.25) is 5.91 Å². The Kier molecular flexibility index (Phi) is 9.22. The summed E-state index contributed by atoms with van der Waals surface area (Å²) < 4.78 is 63.5. The van der Waals surface area contributed by atoms with Crippen molar-refractivity contribution in [1.29, 1.82) is 0 Å². The standard InChI is InChI=1S/C18H18N4O.2C2HF3O2/c19-14-9-12-5-1-2-6-13(12)10-22(18(14)23)11-17-20-15-7-3-4-8-16(15)21-17;2*3-2(4,5)1(6)7/h1-8,14H,9-11,19H2,(H,20,21);2*(H,6,7)/t14-;;/m0../s1. The van der Waals surface area contributed by atoms with Crippen molar-refractivity contribution in [3.63, 3.8) is 0 Å². The van der Waals surface area contributed by atoms with E-state index in [1.807, 2.05) is 42.5 Å². The first-order chi connectivity index (χ1) is 17.1. The maximum Gasteiger partial charge on any atom is 0.490 e. The molecule has 1 atom stereocenters. The van der Waals surface area contributed by atoms with Crippen molar-refractivity contribution in [1.82, 2.24) is 14.9 Å². The molecule has 2 aromatic carbocycles. The van der Waals surface area contributed by atoms with Gasteiger partial charge in [0.1, 0.15) is 5.82 Å². The number of rotatable bonds is 2. The van der Waals surface area contributed by atoms with Crippen LogP contribution < -0.4 is 5.73 Å². The molecule has 0 saturated carbocycles. The summed E-state index contributed by atoms with van der Waals surface area (Å²) in [5.41, 5.74) is 10.3. The third-order valence-corrected chi connectivity index (χ3v) is 4.81. The number of nitrogens with one attached hydrogen (secondary N) is 1. The molecule has 0 saturated heterocycles. The SMILES string of the molecule is N[C@H]1Cc2ccccc2CN(Cc2nc3ccccc3[nH]2)C1=O.O=C(O)C(F)(F)F.O=C(O)C(F)(F)F. The summed E-state index contributed by atoms with van der Waals surface area (Å²) in [5.74, 6) is -4.76. The number of benzene rings is 2. The van der Waals surface area contributed by atoms with Crippen LogP contribution in [0, 0.1) is 0 Å². The fraction of sp³-hybridized carbons (Fsp3) is 0.273. The molecule has 2 heterocycles. The van der Waals surface area contributed by atoms with Gasteiger partial charge in [-0.25, -0.2) is 14.6 Å². The monoisotopic (exact) mass is 534 g/mol. The van der Waals surface area contributed by atoms with Crippen LogP contribution in [0.1, 0.15) is 17.0 Å². The van der Waals surface area contributed by atoms with E-state index in [9.17, 15) is 31.1 Å². The van der Waals surface area contributed by atoms with Crippen LogP contribution in [0.25, 0.3) is 11.0 Å². The molecule has 0 spiro atoms. The van der Waals surface area contributed by atoms with Crippen molar-refractivity contribution in [2.75, 3.05) is 0 Å². The van der Waals surface area contributed by atoms with E-state index < -0.39 is 30.3 Å². The normalized spacial score (nSPS) is 15.5. The quantitative estimate of drug-likeness (QED) is 0.369. The number of aliphatic carboxylic acids is 2. The molecule has 5 N–H and O–H groups in total. The Labute approximate surface area is 204 Å². The van der Waals surface area contributed by atoms with Gasteiger partial charge in [0.15, 0.2) is 0 Å². The number of fused-ring (bicyclic) bond motifs is 2. The molecule has 37 heavy (non-hydrogen) atoms. The van der Waals surface area contributed by atoms with Crippen LogP contribution in [0.5, 0.6) is 0 Å². The summed E-state index contributed by atoms with van der Waals surface area (Å²) in [5, 5.41) is 14.2. The third kappa shape index (κ3) is 8.49. The summed E-state index contributed by atoms with van der Waals surface area (Å²) in [6.45, 7) is 1.01. The minimum absolute atomic E-state index is 0.0262. The molecule has 3 aromatic rings. The number of nitrogens with two attached hydrogens (primary N) is 1. The molecule has 4 rings (SSSR count). The second kappa shape index (κ2) is 11.7. The number of aromatic amines is 1. The van der Waals surface area contributed by atoms with Gasteiger partial charge < -0.3 is 25.8 Å². The smallest absolute Gasteiger partial charge is 0.475 e. The fourth-order valence-corrected chi connectivity index (χ4v) is 3.15. The van der Waals surface area contributed by atoms with Gasteiger partial charge in [-0.3, -0.25) is 4.79 Å². The lowest BCUT2D eigenvalue weighted by molar-refractivity contribution is -0.193. The second-order valence-electron chi connectivity index (χ2n) is 7.58. The van der Waals surface area contributed by atoms with Crippen molar-refractivity contribution >= 4 is 28.9 Å². The molecule has 15 heteroatoms. The number of imidazole rings is 1. The molecule has 0 bridgehead atoms. The molecule has 0 fully saturated rings. The van der Waals surface area contributed by atoms with Gasteiger partial charge >= 0.3 is 24.3 Å². The van der Waals surface area contributed by atoms with Crippen LogP contribution in [-0.4, -0.2) is 61.3 Å². The maximum atomic E-state index is 12.6. The van der Waals surface area contributed by atoms with E-state index in [-0.39, 0.29) is 5.91 Å². The molecule has 1 aliphatic heterocycles. The molecule has 9 nitrogen and oxygen atoms in total. The zero-order valence-electron chi connectivity index (χ0n) is 18.7.